The number of aromatic carboxylic acids is 1. The molecule has 0 spiro atoms. The van der Waals surface area contributed by atoms with Crippen LogP contribution in [0.5, 0.6) is 0 Å². The van der Waals surface area contributed by atoms with E-state index in [0.29, 0.717) is 0 Å². The highest BCUT2D eigenvalue weighted by molar-refractivity contribution is 7.99. The van der Waals surface area contributed by atoms with Gasteiger partial charge in [-0.1, -0.05) is 12.8 Å². The Morgan fingerprint density at radius 1 is 1.41 bits per heavy atom. The fourth-order valence-corrected chi connectivity index (χ4v) is 3.28. The van der Waals surface area contributed by atoms with Crippen molar-refractivity contribution in [2.24, 2.45) is 5.92 Å². The molecule has 0 aliphatic heterocycles. The van der Waals surface area contributed by atoms with E-state index in [1.54, 1.807) is 17.8 Å². The summed E-state index contributed by atoms with van der Waals surface area (Å²) in [7, 11) is 0. The molecule has 2 nitrogen and oxygen atoms in total. The third kappa shape index (κ3) is 3.22. The van der Waals surface area contributed by atoms with Gasteiger partial charge in [-0.3, -0.25) is 0 Å². The Labute approximate surface area is 104 Å². The molecule has 0 saturated heterocycles. The van der Waals surface area contributed by atoms with Crippen molar-refractivity contribution in [2.75, 3.05) is 5.75 Å². The van der Waals surface area contributed by atoms with Crippen molar-refractivity contribution in [3.05, 3.63) is 29.6 Å². The third-order valence-electron chi connectivity index (χ3n) is 3.13. The van der Waals surface area contributed by atoms with Gasteiger partial charge < -0.3 is 5.11 Å². The van der Waals surface area contributed by atoms with Gasteiger partial charge in [-0.15, -0.1) is 11.8 Å². The number of rotatable bonds is 4. The van der Waals surface area contributed by atoms with Crippen molar-refractivity contribution in [3.8, 4) is 0 Å². The fourth-order valence-electron chi connectivity index (χ4n) is 2.15. The summed E-state index contributed by atoms with van der Waals surface area (Å²) in [6, 6.07) is 4.32. The molecule has 0 heterocycles. The van der Waals surface area contributed by atoms with E-state index < -0.39 is 11.8 Å². The molecule has 92 valence electrons. The molecule has 4 heteroatoms. The normalized spacial score (nSPS) is 16.3. The summed E-state index contributed by atoms with van der Waals surface area (Å²) in [5, 5.41) is 8.82. The zero-order valence-electron chi connectivity index (χ0n) is 9.49. The lowest BCUT2D eigenvalue weighted by atomic mass is 10.1. The van der Waals surface area contributed by atoms with Crippen LogP contribution in [-0.4, -0.2) is 16.8 Å². The first-order chi connectivity index (χ1) is 8.16. The Hall–Kier alpha value is -1.03. The minimum atomic E-state index is -1.20. The molecule has 0 aromatic heterocycles. The van der Waals surface area contributed by atoms with Crippen molar-refractivity contribution in [3.63, 3.8) is 0 Å². The lowest BCUT2D eigenvalue weighted by molar-refractivity contribution is 0.0691. The van der Waals surface area contributed by atoms with Crippen LogP contribution in [0.3, 0.4) is 0 Å². The molecule has 0 amide bonds. The topological polar surface area (TPSA) is 37.3 Å². The minimum absolute atomic E-state index is 0.235. The highest BCUT2D eigenvalue weighted by Crippen LogP contribution is 2.31. The van der Waals surface area contributed by atoms with E-state index in [2.05, 4.69) is 0 Å². The second-order valence-electron chi connectivity index (χ2n) is 4.41. The summed E-state index contributed by atoms with van der Waals surface area (Å²) in [4.78, 5) is 11.6. The van der Waals surface area contributed by atoms with Crippen molar-refractivity contribution in [1.82, 2.24) is 0 Å². The molecule has 1 N–H and O–H groups in total. The van der Waals surface area contributed by atoms with Crippen LogP contribution >= 0.6 is 11.8 Å². The quantitative estimate of drug-likeness (QED) is 0.830. The molecule has 1 aliphatic rings. The molecule has 1 aliphatic carbocycles. The Balaban J connectivity index is 2.00. The van der Waals surface area contributed by atoms with Crippen molar-refractivity contribution in [2.45, 2.75) is 30.6 Å². The Bertz CT molecular complexity index is 414. The van der Waals surface area contributed by atoms with Crippen LogP contribution in [-0.2, 0) is 0 Å². The molecule has 17 heavy (non-hydrogen) atoms. The Kier molecular flexibility index (Phi) is 4.05. The van der Waals surface area contributed by atoms with Gasteiger partial charge in [-0.25, -0.2) is 9.18 Å². The maximum atomic E-state index is 13.2. The van der Waals surface area contributed by atoms with Crippen LogP contribution in [0.1, 0.15) is 36.0 Å². The molecular formula is C13H15FO2S. The first kappa shape index (κ1) is 12.4. The number of halogens is 1. The zero-order valence-corrected chi connectivity index (χ0v) is 10.3. The van der Waals surface area contributed by atoms with Crippen molar-refractivity contribution < 1.29 is 14.3 Å². The number of hydrogen-bond acceptors (Lipinski definition) is 2. The van der Waals surface area contributed by atoms with Gasteiger partial charge in [0, 0.05) is 10.6 Å². The first-order valence-electron chi connectivity index (χ1n) is 5.82. The van der Waals surface area contributed by atoms with E-state index in [0.717, 1.165) is 16.6 Å². The van der Waals surface area contributed by atoms with Gasteiger partial charge in [0.25, 0.3) is 0 Å². The molecule has 2 rings (SSSR count). The van der Waals surface area contributed by atoms with Crippen LogP contribution in [0.2, 0.25) is 0 Å². The lowest BCUT2D eigenvalue weighted by Gasteiger charge is -2.08. The molecule has 0 radical (unpaired) electrons. The van der Waals surface area contributed by atoms with Crippen LogP contribution in [0.25, 0.3) is 0 Å². The molecule has 1 aromatic rings. The summed E-state index contributed by atoms with van der Waals surface area (Å²) in [6.07, 6.45) is 5.13. The molecule has 1 fully saturated rings. The van der Waals surface area contributed by atoms with Gasteiger partial charge in [0.2, 0.25) is 0 Å². The number of hydrogen-bond donors (Lipinski definition) is 1. The summed E-state index contributed by atoms with van der Waals surface area (Å²) in [6.45, 7) is 0. The minimum Gasteiger partial charge on any atom is -0.478 e. The predicted octanol–water partition coefficient (Wildman–Crippen LogP) is 3.81. The molecule has 0 unspecified atom stereocenters. The Morgan fingerprint density at radius 2 is 2.12 bits per heavy atom. The molecule has 1 saturated carbocycles. The van der Waals surface area contributed by atoms with E-state index in [-0.39, 0.29) is 5.56 Å². The van der Waals surface area contributed by atoms with Crippen molar-refractivity contribution >= 4 is 17.7 Å². The van der Waals surface area contributed by atoms with Crippen LogP contribution in [0, 0.1) is 11.7 Å². The van der Waals surface area contributed by atoms with E-state index in [1.165, 1.54) is 37.8 Å². The monoisotopic (exact) mass is 254 g/mol. The molecule has 0 bridgehead atoms. The summed E-state index contributed by atoms with van der Waals surface area (Å²) < 4.78 is 13.2. The lowest BCUT2D eigenvalue weighted by Crippen LogP contribution is -2.01. The van der Waals surface area contributed by atoms with Gasteiger partial charge in [0.1, 0.15) is 5.82 Å². The van der Waals surface area contributed by atoms with Gasteiger partial charge in [0.15, 0.2) is 0 Å². The maximum Gasteiger partial charge on any atom is 0.338 e. The second-order valence-corrected chi connectivity index (χ2v) is 5.50. The van der Waals surface area contributed by atoms with Crippen LogP contribution < -0.4 is 0 Å². The fraction of sp³-hybridized carbons (Fsp3) is 0.462. The number of thioether (sulfide) groups is 1. The highest BCUT2D eigenvalue weighted by Gasteiger charge is 2.16. The Morgan fingerprint density at radius 3 is 2.76 bits per heavy atom. The van der Waals surface area contributed by atoms with E-state index in [9.17, 15) is 9.18 Å². The number of carboxylic acids is 1. The van der Waals surface area contributed by atoms with E-state index >= 15 is 0 Å². The van der Waals surface area contributed by atoms with Crippen LogP contribution in [0.4, 0.5) is 4.39 Å². The number of carbonyl (C=O) groups is 1. The molecular weight excluding hydrogens is 239 g/mol. The average Bonchev–Trinajstić information content (AvgIpc) is 2.80. The summed E-state index contributed by atoms with van der Waals surface area (Å²) >= 11 is 1.63. The van der Waals surface area contributed by atoms with Crippen molar-refractivity contribution in [1.29, 1.82) is 0 Å². The summed E-state index contributed by atoms with van der Waals surface area (Å²) in [5.41, 5.74) is -0.235. The second kappa shape index (κ2) is 5.54. The number of benzene rings is 1. The third-order valence-corrected chi connectivity index (χ3v) is 4.35. The first-order valence-corrected chi connectivity index (χ1v) is 6.81. The van der Waals surface area contributed by atoms with Gasteiger partial charge in [-0.2, -0.15) is 0 Å². The SMILES string of the molecule is O=C(O)c1cc(SCC2CCCC2)ccc1F. The molecule has 0 atom stereocenters. The van der Waals surface area contributed by atoms with Gasteiger partial charge in [-0.05, 0) is 37.0 Å². The van der Waals surface area contributed by atoms with Gasteiger partial charge in [0.05, 0.1) is 5.56 Å². The zero-order chi connectivity index (χ0) is 12.3. The van der Waals surface area contributed by atoms with E-state index in [4.69, 9.17) is 5.11 Å². The van der Waals surface area contributed by atoms with Crippen LogP contribution in [0.15, 0.2) is 23.1 Å². The maximum absolute atomic E-state index is 13.2. The largest absolute Gasteiger partial charge is 0.478 e. The summed E-state index contributed by atoms with van der Waals surface area (Å²) in [5.74, 6) is -0.128. The smallest absolute Gasteiger partial charge is 0.338 e. The molecule has 1 aromatic carbocycles. The highest BCUT2D eigenvalue weighted by atomic mass is 32.2. The average molecular weight is 254 g/mol. The van der Waals surface area contributed by atoms with Gasteiger partial charge >= 0.3 is 5.97 Å². The standard InChI is InChI=1S/C13H15FO2S/c14-12-6-5-10(7-11(12)13(15)16)17-8-9-3-1-2-4-9/h5-7,9H,1-4,8H2,(H,15,16). The number of carboxylic acid groups (broad SMARTS) is 1. The predicted molar refractivity (Wildman–Crippen MR) is 66.0 cm³/mol. The van der Waals surface area contributed by atoms with E-state index in [1.807, 2.05) is 0 Å².